The molecule has 2 N–H and O–H groups in total. The molecule has 0 aliphatic heterocycles. The molecule has 0 spiro atoms. The summed E-state index contributed by atoms with van der Waals surface area (Å²) in [4.78, 5) is 41.4. The Labute approximate surface area is 210 Å². The standard InChI is InChI=1S/C27H42N4O4/c1-11-17(2)21(29-25(34)35-27(8,9)10)24(33)31(16-15-28)22(23(32)30-26(5,6)7)20-14-12-13-18(3)19(20)4/h12-14,17,21-22H,11,16H2,1-10H3,(H,29,34)(H,30,32). The summed E-state index contributed by atoms with van der Waals surface area (Å²) in [7, 11) is 0. The van der Waals surface area contributed by atoms with Crippen LogP contribution in [0.2, 0.25) is 0 Å². The highest BCUT2D eigenvalue weighted by Gasteiger charge is 2.39. The van der Waals surface area contributed by atoms with E-state index >= 15 is 0 Å². The summed E-state index contributed by atoms with van der Waals surface area (Å²) in [6.45, 7) is 18.0. The van der Waals surface area contributed by atoms with Gasteiger partial charge in [-0.1, -0.05) is 38.5 Å². The van der Waals surface area contributed by atoms with E-state index in [1.54, 1.807) is 26.8 Å². The van der Waals surface area contributed by atoms with E-state index in [9.17, 15) is 19.6 Å². The van der Waals surface area contributed by atoms with Crippen LogP contribution >= 0.6 is 0 Å². The van der Waals surface area contributed by atoms with E-state index in [4.69, 9.17) is 4.74 Å². The Morgan fingerprint density at radius 1 is 1.11 bits per heavy atom. The van der Waals surface area contributed by atoms with Gasteiger partial charge < -0.3 is 20.3 Å². The number of carbonyl (C=O) groups excluding carboxylic acids is 3. The molecule has 3 amide bonds. The highest BCUT2D eigenvalue weighted by atomic mass is 16.6. The van der Waals surface area contributed by atoms with Crippen LogP contribution in [-0.2, 0) is 14.3 Å². The van der Waals surface area contributed by atoms with Gasteiger partial charge in [-0.15, -0.1) is 0 Å². The molecule has 1 aromatic carbocycles. The molecule has 0 aliphatic carbocycles. The van der Waals surface area contributed by atoms with Gasteiger partial charge in [0.1, 0.15) is 24.2 Å². The lowest BCUT2D eigenvalue weighted by Gasteiger charge is -2.36. The van der Waals surface area contributed by atoms with Gasteiger partial charge in [0.2, 0.25) is 11.8 Å². The predicted octanol–water partition coefficient (Wildman–Crippen LogP) is 4.55. The number of nitriles is 1. The molecule has 0 saturated heterocycles. The van der Waals surface area contributed by atoms with Gasteiger partial charge in [-0.3, -0.25) is 9.59 Å². The number of benzene rings is 1. The quantitative estimate of drug-likeness (QED) is 0.524. The molecular formula is C27H42N4O4. The number of amides is 3. The molecule has 0 saturated carbocycles. The number of rotatable bonds is 8. The average molecular weight is 487 g/mol. The third-order valence-corrected chi connectivity index (χ3v) is 5.67. The van der Waals surface area contributed by atoms with Crippen molar-refractivity contribution in [3.8, 4) is 6.07 Å². The second-order valence-corrected chi connectivity index (χ2v) is 11.1. The Hall–Kier alpha value is -3.08. The topological polar surface area (TPSA) is 112 Å². The summed E-state index contributed by atoms with van der Waals surface area (Å²) >= 11 is 0. The number of hydrogen-bond donors (Lipinski definition) is 2. The molecule has 194 valence electrons. The Balaban J connectivity index is 3.60. The highest BCUT2D eigenvalue weighted by molar-refractivity contribution is 5.93. The Morgan fingerprint density at radius 2 is 1.71 bits per heavy atom. The van der Waals surface area contributed by atoms with Crippen LogP contribution in [0.15, 0.2) is 18.2 Å². The molecule has 8 heteroatoms. The van der Waals surface area contributed by atoms with Crippen LogP contribution in [-0.4, -0.2) is 46.5 Å². The van der Waals surface area contributed by atoms with E-state index in [1.807, 2.05) is 66.7 Å². The third-order valence-electron chi connectivity index (χ3n) is 5.67. The summed E-state index contributed by atoms with van der Waals surface area (Å²) in [5.41, 5.74) is 1.16. The molecule has 3 unspecified atom stereocenters. The van der Waals surface area contributed by atoms with E-state index in [0.717, 1.165) is 11.1 Å². The molecule has 8 nitrogen and oxygen atoms in total. The minimum absolute atomic E-state index is 0.263. The Bertz CT molecular complexity index is 953. The van der Waals surface area contributed by atoms with E-state index < -0.39 is 41.1 Å². The molecule has 3 atom stereocenters. The SMILES string of the molecule is CCC(C)C(NC(=O)OC(C)(C)C)C(=O)N(CC#N)C(C(=O)NC(C)(C)C)c1cccc(C)c1C. The summed E-state index contributed by atoms with van der Waals surface area (Å²) in [5.74, 6) is -1.17. The van der Waals surface area contributed by atoms with Crippen LogP contribution in [0.4, 0.5) is 4.79 Å². The lowest BCUT2D eigenvalue weighted by atomic mass is 9.92. The predicted molar refractivity (Wildman–Crippen MR) is 136 cm³/mol. The number of carbonyl (C=O) groups is 3. The molecular weight excluding hydrogens is 444 g/mol. The van der Waals surface area contributed by atoms with Crippen molar-refractivity contribution in [3.05, 3.63) is 34.9 Å². The van der Waals surface area contributed by atoms with E-state index in [2.05, 4.69) is 10.6 Å². The average Bonchev–Trinajstić information content (AvgIpc) is 2.71. The molecule has 1 rings (SSSR count). The van der Waals surface area contributed by atoms with E-state index in [0.29, 0.717) is 12.0 Å². The largest absolute Gasteiger partial charge is 0.444 e. The first-order chi connectivity index (χ1) is 16.0. The maximum atomic E-state index is 13.9. The van der Waals surface area contributed by atoms with Crippen molar-refractivity contribution in [1.29, 1.82) is 5.26 Å². The van der Waals surface area contributed by atoms with Crippen LogP contribution < -0.4 is 10.6 Å². The van der Waals surface area contributed by atoms with Crippen LogP contribution in [0.25, 0.3) is 0 Å². The van der Waals surface area contributed by atoms with Crippen molar-refractivity contribution in [3.63, 3.8) is 0 Å². The molecule has 0 aliphatic rings. The molecule has 1 aromatic rings. The van der Waals surface area contributed by atoms with Crippen LogP contribution in [0.3, 0.4) is 0 Å². The minimum atomic E-state index is -1.05. The maximum Gasteiger partial charge on any atom is 0.408 e. The summed E-state index contributed by atoms with van der Waals surface area (Å²) < 4.78 is 5.38. The maximum absolute atomic E-state index is 13.9. The van der Waals surface area contributed by atoms with Gasteiger partial charge >= 0.3 is 6.09 Å². The monoisotopic (exact) mass is 486 g/mol. The van der Waals surface area contributed by atoms with E-state index in [1.165, 1.54) is 4.90 Å². The Morgan fingerprint density at radius 3 is 2.20 bits per heavy atom. The zero-order chi connectivity index (χ0) is 27.1. The van der Waals surface area contributed by atoms with E-state index in [-0.39, 0.29) is 12.5 Å². The second kappa shape index (κ2) is 12.1. The number of aryl methyl sites for hydroxylation is 1. The fourth-order valence-electron chi connectivity index (χ4n) is 3.63. The molecule has 0 aromatic heterocycles. The molecule has 0 radical (unpaired) electrons. The normalized spacial score (nSPS) is 14.2. The van der Waals surface area contributed by atoms with Gasteiger partial charge in [-0.25, -0.2) is 4.79 Å². The first kappa shape index (κ1) is 30.0. The molecule has 35 heavy (non-hydrogen) atoms. The van der Waals surface area contributed by atoms with Crippen LogP contribution in [0, 0.1) is 31.1 Å². The number of alkyl carbamates (subject to hydrolysis) is 1. The molecule has 0 bridgehead atoms. The van der Waals surface area contributed by atoms with Crippen molar-refractivity contribution in [2.24, 2.45) is 5.92 Å². The fraction of sp³-hybridized carbons (Fsp3) is 0.630. The zero-order valence-electron chi connectivity index (χ0n) is 22.9. The van der Waals surface area contributed by atoms with Gasteiger partial charge in [-0.2, -0.15) is 5.26 Å². The van der Waals surface area contributed by atoms with Gasteiger partial charge in [0.15, 0.2) is 0 Å². The lowest BCUT2D eigenvalue weighted by Crippen LogP contribution is -2.56. The third kappa shape index (κ3) is 8.89. The number of nitrogens with zero attached hydrogens (tertiary/aromatic N) is 2. The summed E-state index contributed by atoms with van der Waals surface area (Å²) in [6, 6.07) is 5.57. The van der Waals surface area contributed by atoms with Crippen LogP contribution in [0.5, 0.6) is 0 Å². The smallest absolute Gasteiger partial charge is 0.408 e. The Kier molecular flexibility index (Phi) is 10.3. The van der Waals surface area contributed by atoms with Crippen molar-refractivity contribution < 1.29 is 19.1 Å². The van der Waals surface area contributed by atoms with Crippen LogP contribution in [0.1, 0.15) is 84.5 Å². The molecule has 0 fully saturated rings. The second-order valence-electron chi connectivity index (χ2n) is 11.1. The molecule has 0 heterocycles. The van der Waals surface area contributed by atoms with Crippen molar-refractivity contribution in [1.82, 2.24) is 15.5 Å². The van der Waals surface area contributed by atoms with Gasteiger partial charge in [0.25, 0.3) is 0 Å². The first-order valence-electron chi connectivity index (χ1n) is 12.1. The summed E-state index contributed by atoms with van der Waals surface area (Å²) in [5, 5.41) is 15.3. The van der Waals surface area contributed by atoms with Crippen molar-refractivity contribution >= 4 is 17.9 Å². The van der Waals surface area contributed by atoms with Crippen molar-refractivity contribution in [2.75, 3.05) is 6.54 Å². The minimum Gasteiger partial charge on any atom is -0.444 e. The first-order valence-corrected chi connectivity index (χ1v) is 12.1. The number of nitrogens with one attached hydrogen (secondary N) is 2. The number of ether oxygens (including phenoxy) is 1. The van der Waals surface area contributed by atoms with Gasteiger partial charge in [0.05, 0.1) is 6.07 Å². The van der Waals surface area contributed by atoms with Gasteiger partial charge in [0, 0.05) is 5.54 Å². The zero-order valence-corrected chi connectivity index (χ0v) is 22.9. The fourth-order valence-corrected chi connectivity index (χ4v) is 3.63. The van der Waals surface area contributed by atoms with Gasteiger partial charge in [-0.05, 0) is 78.0 Å². The summed E-state index contributed by atoms with van der Waals surface area (Å²) in [6.07, 6.45) is -0.134. The lowest BCUT2D eigenvalue weighted by molar-refractivity contribution is -0.143. The highest BCUT2D eigenvalue weighted by Crippen LogP contribution is 2.28. The number of hydrogen-bond acceptors (Lipinski definition) is 5. The van der Waals surface area contributed by atoms with Crippen molar-refractivity contribution in [2.45, 2.75) is 98.9 Å².